The normalized spacial score (nSPS) is 27.8. The standard InChI is InChI=1S/C40H43N5O8S/c1-2-29-22-40(29,38(48)44-54(50,51)31-13-14-31)43-35(46)33-21-30-23-45(33)37(47)34(28-19-26-9-5-6-10-27(26)20-28)42-39(49)52-17-7-3-4-8-24-11-12-25-15-16-41-36(53-30)32(25)18-24/h2,4-6,8-12,15-16,18,28-31,33-34H,1,3,7,13-14,17,19-23H2,(H,42,49)(H,43,46)(H,44,48)/b8-4+/t29-,30+,33-,34-,40+/m0/s1. The van der Waals surface area contributed by atoms with Gasteiger partial charge in [-0.15, -0.1) is 6.58 Å². The molecule has 282 valence electrons. The molecule has 1 aromatic heterocycles. The van der Waals surface area contributed by atoms with Crippen LogP contribution in [0.4, 0.5) is 4.79 Å². The van der Waals surface area contributed by atoms with E-state index in [1.54, 1.807) is 6.20 Å². The number of sulfonamides is 1. The van der Waals surface area contributed by atoms with Gasteiger partial charge in [0.2, 0.25) is 27.7 Å². The van der Waals surface area contributed by atoms with Crippen molar-refractivity contribution in [3.8, 4) is 5.88 Å². The van der Waals surface area contributed by atoms with Crippen LogP contribution in [0, 0.1) is 11.8 Å². The highest BCUT2D eigenvalue weighted by molar-refractivity contribution is 7.91. The summed E-state index contributed by atoms with van der Waals surface area (Å²) in [6.07, 6.45) is 9.16. The molecule has 1 saturated heterocycles. The summed E-state index contributed by atoms with van der Waals surface area (Å²) in [7, 11) is -3.90. The van der Waals surface area contributed by atoms with E-state index in [-0.39, 0.29) is 31.9 Å². The number of alkyl carbamates (subject to hydrolysis) is 1. The number of rotatable bonds is 7. The van der Waals surface area contributed by atoms with Crippen LogP contribution in [0.2, 0.25) is 0 Å². The average Bonchev–Trinajstić information content (AvgIpc) is 4.05. The Kier molecular flexibility index (Phi) is 9.41. The Morgan fingerprint density at radius 1 is 1.07 bits per heavy atom. The molecule has 3 N–H and O–H groups in total. The zero-order valence-corrected chi connectivity index (χ0v) is 30.6. The lowest BCUT2D eigenvalue weighted by Gasteiger charge is -2.32. The molecule has 4 bridgehead atoms. The lowest BCUT2D eigenvalue weighted by Crippen LogP contribution is -2.59. The van der Waals surface area contributed by atoms with Gasteiger partial charge in [0.1, 0.15) is 23.7 Å². The molecular weight excluding hydrogens is 711 g/mol. The molecular formula is C40H43N5O8S. The van der Waals surface area contributed by atoms with Crippen LogP contribution in [-0.2, 0) is 42.0 Å². The first-order valence-corrected chi connectivity index (χ1v) is 20.1. The molecule has 2 aliphatic heterocycles. The van der Waals surface area contributed by atoms with E-state index in [2.05, 4.69) is 26.9 Å². The van der Waals surface area contributed by atoms with Gasteiger partial charge in [0.15, 0.2) is 0 Å². The fourth-order valence-corrected chi connectivity index (χ4v) is 9.42. The molecule has 0 spiro atoms. The second-order valence-electron chi connectivity index (χ2n) is 15.0. The number of ether oxygens (including phenoxy) is 2. The van der Waals surface area contributed by atoms with Gasteiger partial charge in [0.05, 0.1) is 18.4 Å². The van der Waals surface area contributed by atoms with Gasteiger partial charge in [-0.05, 0) is 85.1 Å². The summed E-state index contributed by atoms with van der Waals surface area (Å²) in [5.41, 5.74) is 1.53. The number of amides is 4. The number of hydrogen-bond donors (Lipinski definition) is 3. The minimum absolute atomic E-state index is 0.0123. The van der Waals surface area contributed by atoms with Crippen molar-refractivity contribution in [2.75, 3.05) is 13.2 Å². The molecule has 5 aliphatic rings. The number of fused-ring (bicyclic) bond motifs is 4. The summed E-state index contributed by atoms with van der Waals surface area (Å²) in [5, 5.41) is 6.72. The predicted molar refractivity (Wildman–Crippen MR) is 199 cm³/mol. The summed E-state index contributed by atoms with van der Waals surface area (Å²) in [4.78, 5) is 62.1. The van der Waals surface area contributed by atoms with Gasteiger partial charge in [0, 0.05) is 23.9 Å². The van der Waals surface area contributed by atoms with Gasteiger partial charge in [-0.1, -0.05) is 54.6 Å². The second-order valence-corrected chi connectivity index (χ2v) is 17.0. The van der Waals surface area contributed by atoms with E-state index < -0.39 is 68.7 Å². The number of aromatic nitrogens is 1. The molecule has 3 heterocycles. The first-order chi connectivity index (χ1) is 26.0. The molecule has 3 aromatic rings. The van der Waals surface area contributed by atoms with Crippen molar-refractivity contribution in [1.82, 2.24) is 25.2 Å². The third-order valence-corrected chi connectivity index (χ3v) is 13.1. The average molecular weight is 754 g/mol. The Morgan fingerprint density at radius 2 is 1.85 bits per heavy atom. The fourth-order valence-electron chi connectivity index (χ4n) is 8.05. The number of carbonyl (C=O) groups is 4. The second kappa shape index (κ2) is 14.2. The van der Waals surface area contributed by atoms with Gasteiger partial charge in [0.25, 0.3) is 5.91 Å². The van der Waals surface area contributed by atoms with Crippen LogP contribution < -0.4 is 20.1 Å². The van der Waals surface area contributed by atoms with Crippen LogP contribution in [0.15, 0.2) is 73.5 Å². The van der Waals surface area contributed by atoms with Crippen molar-refractivity contribution in [3.05, 3.63) is 90.1 Å². The fraction of sp³-hybridized carbons (Fsp3) is 0.425. The van der Waals surface area contributed by atoms with Crippen LogP contribution in [0.3, 0.4) is 0 Å². The molecule has 3 aliphatic carbocycles. The third kappa shape index (κ3) is 7.06. The number of nitrogens with one attached hydrogen (secondary N) is 3. The Balaban J connectivity index is 1.13. The molecule has 2 saturated carbocycles. The quantitative estimate of drug-likeness (QED) is 0.305. The number of hydrogen-bond acceptors (Lipinski definition) is 9. The maximum Gasteiger partial charge on any atom is 0.407 e. The van der Waals surface area contributed by atoms with Crippen LogP contribution in [-0.4, -0.2) is 84.2 Å². The summed E-state index contributed by atoms with van der Waals surface area (Å²) >= 11 is 0. The first-order valence-electron chi connectivity index (χ1n) is 18.6. The molecule has 0 unspecified atom stereocenters. The molecule has 54 heavy (non-hydrogen) atoms. The van der Waals surface area contributed by atoms with Crippen molar-refractivity contribution in [3.63, 3.8) is 0 Å². The lowest BCUT2D eigenvalue weighted by molar-refractivity contribution is -0.142. The van der Waals surface area contributed by atoms with E-state index in [4.69, 9.17) is 9.47 Å². The Hall–Kier alpha value is -5.24. The predicted octanol–water partition coefficient (Wildman–Crippen LogP) is 3.57. The lowest BCUT2D eigenvalue weighted by atomic mass is 9.95. The first kappa shape index (κ1) is 35.8. The number of nitrogens with zero attached hydrogens (tertiary/aromatic N) is 2. The number of carbonyl (C=O) groups excluding carboxylic acids is 4. The van der Waals surface area contributed by atoms with E-state index in [9.17, 15) is 27.6 Å². The van der Waals surface area contributed by atoms with Gasteiger partial charge in [-0.3, -0.25) is 19.1 Å². The highest BCUT2D eigenvalue weighted by Gasteiger charge is 2.62. The van der Waals surface area contributed by atoms with Gasteiger partial charge in [-0.25, -0.2) is 18.2 Å². The maximum absolute atomic E-state index is 14.9. The Bertz CT molecular complexity index is 2140. The minimum atomic E-state index is -3.90. The molecule has 13 nitrogen and oxygen atoms in total. The molecule has 3 fully saturated rings. The van der Waals surface area contributed by atoms with Crippen molar-refractivity contribution >= 4 is 50.7 Å². The molecule has 2 aromatic carbocycles. The maximum atomic E-state index is 14.9. The van der Waals surface area contributed by atoms with E-state index >= 15 is 0 Å². The number of allylic oxidation sites excluding steroid dienone is 1. The zero-order chi connectivity index (χ0) is 37.6. The highest BCUT2D eigenvalue weighted by atomic mass is 32.2. The smallest absolute Gasteiger partial charge is 0.407 e. The molecule has 4 amide bonds. The monoisotopic (exact) mass is 753 g/mol. The SMILES string of the molecule is C=C[C@H]1C[C@]1(NC(=O)[C@@H]1C[C@@H]2CN1C(=O)[C@H](C1Cc3ccccc3C1)NC(=O)OCCC/C=C/c1ccc3ccnc(c3c1)O2)C(=O)NS(=O)(=O)C1CC1. The number of pyridine rings is 1. The van der Waals surface area contributed by atoms with Gasteiger partial charge < -0.3 is 25.0 Å². The minimum Gasteiger partial charge on any atom is -0.472 e. The van der Waals surface area contributed by atoms with E-state index in [0.29, 0.717) is 44.4 Å². The molecule has 0 radical (unpaired) electrons. The van der Waals surface area contributed by atoms with Crippen LogP contribution in [0.25, 0.3) is 16.8 Å². The summed E-state index contributed by atoms with van der Waals surface area (Å²) in [6.45, 7) is 3.93. The summed E-state index contributed by atoms with van der Waals surface area (Å²) in [5.74, 6) is -2.44. The topological polar surface area (TPSA) is 173 Å². The number of benzene rings is 2. The van der Waals surface area contributed by atoms with Crippen molar-refractivity contribution in [2.24, 2.45) is 11.8 Å². The van der Waals surface area contributed by atoms with E-state index in [1.165, 1.54) is 11.0 Å². The third-order valence-electron chi connectivity index (χ3n) is 11.3. The van der Waals surface area contributed by atoms with Crippen molar-refractivity contribution in [2.45, 2.75) is 80.3 Å². The molecule has 8 rings (SSSR count). The summed E-state index contributed by atoms with van der Waals surface area (Å²) < 4.78 is 39.8. The van der Waals surface area contributed by atoms with Crippen molar-refractivity contribution in [1.29, 1.82) is 0 Å². The highest BCUT2D eigenvalue weighted by Crippen LogP contribution is 2.45. The van der Waals surface area contributed by atoms with Crippen LogP contribution in [0.5, 0.6) is 5.88 Å². The molecule has 14 heteroatoms. The van der Waals surface area contributed by atoms with Crippen molar-refractivity contribution < 1.29 is 37.1 Å². The van der Waals surface area contributed by atoms with E-state index in [1.807, 2.05) is 60.7 Å². The van der Waals surface area contributed by atoms with Gasteiger partial charge in [-0.2, -0.15) is 0 Å². The zero-order valence-electron chi connectivity index (χ0n) is 29.7. The van der Waals surface area contributed by atoms with Gasteiger partial charge >= 0.3 is 6.09 Å². The number of cyclic esters (lactones) is 1. The van der Waals surface area contributed by atoms with Crippen LogP contribution >= 0.6 is 0 Å². The largest absolute Gasteiger partial charge is 0.472 e. The Morgan fingerprint density at radius 3 is 2.57 bits per heavy atom. The Labute approximate surface area is 313 Å². The van der Waals surface area contributed by atoms with Crippen LogP contribution in [0.1, 0.15) is 55.2 Å². The van der Waals surface area contributed by atoms with E-state index in [0.717, 1.165) is 27.5 Å². The molecule has 5 atom stereocenters. The summed E-state index contributed by atoms with van der Waals surface area (Å²) in [6, 6.07) is 13.5.